The zero-order valence-electron chi connectivity index (χ0n) is 15.5. The van der Waals surface area contributed by atoms with E-state index in [1.807, 2.05) is 24.3 Å². The molecule has 0 bridgehead atoms. The molecule has 0 atom stereocenters. The van der Waals surface area contributed by atoms with Crippen molar-refractivity contribution in [1.82, 2.24) is 5.43 Å². The summed E-state index contributed by atoms with van der Waals surface area (Å²) in [6, 6.07) is 14.7. The number of hydrazone groups is 1. The molecule has 0 aliphatic heterocycles. The second-order valence-corrected chi connectivity index (χ2v) is 6.99. The maximum absolute atomic E-state index is 12.1. The maximum atomic E-state index is 12.1. The number of hydrogen-bond acceptors (Lipinski definition) is 3. The van der Waals surface area contributed by atoms with Gasteiger partial charge in [0.1, 0.15) is 5.75 Å². The van der Waals surface area contributed by atoms with Gasteiger partial charge in [-0.15, -0.1) is 0 Å². The average molecular weight is 356 g/mol. The largest absolute Gasteiger partial charge is 0.493 e. The predicted octanol–water partition coefficient (Wildman–Crippen LogP) is 4.49. The Morgan fingerprint density at radius 2 is 1.77 bits per heavy atom. The molecule has 0 unspecified atom stereocenters. The number of nitrogens with one attached hydrogen (secondary N) is 1. The van der Waals surface area contributed by atoms with Crippen LogP contribution in [0.15, 0.2) is 53.6 Å². The quantitative estimate of drug-likeness (QED) is 0.451. The molecule has 0 fully saturated rings. The van der Waals surface area contributed by atoms with Gasteiger partial charge in [-0.25, -0.2) is 5.43 Å². The van der Waals surface area contributed by atoms with E-state index in [0.29, 0.717) is 24.3 Å². The van der Waals surface area contributed by atoms with Crippen molar-refractivity contribution in [3.63, 3.8) is 0 Å². The molecular formula is C21H25FN2O2. The van der Waals surface area contributed by atoms with Crippen molar-refractivity contribution in [3.05, 3.63) is 65.2 Å². The number of ether oxygens (including phenoxy) is 1. The van der Waals surface area contributed by atoms with E-state index in [4.69, 9.17) is 4.74 Å². The van der Waals surface area contributed by atoms with Gasteiger partial charge in [0.25, 0.3) is 5.91 Å². The molecule has 138 valence electrons. The zero-order chi connectivity index (χ0) is 19.0. The Bertz CT molecular complexity index is 732. The molecule has 0 saturated carbocycles. The second-order valence-electron chi connectivity index (χ2n) is 6.99. The van der Waals surface area contributed by atoms with Gasteiger partial charge in [0.15, 0.2) is 0 Å². The Kier molecular flexibility index (Phi) is 6.89. The number of amides is 1. The van der Waals surface area contributed by atoms with Crippen LogP contribution < -0.4 is 10.2 Å². The van der Waals surface area contributed by atoms with E-state index >= 15 is 0 Å². The fourth-order valence-electron chi connectivity index (χ4n) is 2.25. The van der Waals surface area contributed by atoms with E-state index in [-0.39, 0.29) is 18.0 Å². The van der Waals surface area contributed by atoms with Crippen molar-refractivity contribution >= 4 is 12.1 Å². The van der Waals surface area contributed by atoms with Crippen LogP contribution >= 0.6 is 0 Å². The van der Waals surface area contributed by atoms with Crippen molar-refractivity contribution in [3.8, 4) is 5.75 Å². The van der Waals surface area contributed by atoms with Gasteiger partial charge in [-0.05, 0) is 52.9 Å². The van der Waals surface area contributed by atoms with Crippen LogP contribution in [-0.4, -0.2) is 25.4 Å². The van der Waals surface area contributed by atoms with Crippen LogP contribution in [0.2, 0.25) is 0 Å². The molecule has 0 radical (unpaired) electrons. The SMILES string of the molecule is CC(C)(C)c1ccc(C(=O)N/N=C/c2ccc(OCCCF)cc2)cc1. The lowest BCUT2D eigenvalue weighted by molar-refractivity contribution is 0.0955. The van der Waals surface area contributed by atoms with Gasteiger partial charge in [-0.3, -0.25) is 9.18 Å². The van der Waals surface area contributed by atoms with Gasteiger partial charge < -0.3 is 4.74 Å². The fourth-order valence-corrected chi connectivity index (χ4v) is 2.25. The van der Waals surface area contributed by atoms with Crippen LogP contribution in [0.3, 0.4) is 0 Å². The molecule has 1 N–H and O–H groups in total. The summed E-state index contributed by atoms with van der Waals surface area (Å²) in [5.41, 5.74) is 5.13. The lowest BCUT2D eigenvalue weighted by Crippen LogP contribution is -2.18. The molecule has 2 aromatic rings. The minimum Gasteiger partial charge on any atom is -0.493 e. The molecule has 0 aliphatic rings. The van der Waals surface area contributed by atoms with Crippen LogP contribution in [0, 0.1) is 0 Å². The summed E-state index contributed by atoms with van der Waals surface area (Å²) in [4.78, 5) is 12.1. The Morgan fingerprint density at radius 1 is 1.12 bits per heavy atom. The Balaban J connectivity index is 1.88. The first-order valence-corrected chi connectivity index (χ1v) is 8.63. The number of carbonyl (C=O) groups excluding carboxylic acids is 1. The standard InChI is InChI=1S/C21H25FN2O2/c1-21(2,3)18-9-7-17(8-10-18)20(25)24-23-15-16-5-11-19(12-6-16)26-14-4-13-22/h5-12,15H,4,13-14H2,1-3H3,(H,24,25)/b23-15+. The Labute approximate surface area is 154 Å². The molecule has 0 spiro atoms. The summed E-state index contributed by atoms with van der Waals surface area (Å²) in [6.45, 7) is 6.36. The Morgan fingerprint density at radius 3 is 2.35 bits per heavy atom. The van der Waals surface area contributed by atoms with Crippen molar-refractivity contribution in [2.24, 2.45) is 5.10 Å². The van der Waals surface area contributed by atoms with Crippen molar-refractivity contribution in [1.29, 1.82) is 0 Å². The number of hydrogen-bond donors (Lipinski definition) is 1. The van der Waals surface area contributed by atoms with E-state index in [1.54, 1.807) is 30.5 Å². The lowest BCUT2D eigenvalue weighted by atomic mass is 9.87. The van der Waals surface area contributed by atoms with E-state index in [9.17, 15) is 9.18 Å². The Hall–Kier alpha value is -2.69. The highest BCUT2D eigenvalue weighted by molar-refractivity contribution is 5.94. The van der Waals surface area contributed by atoms with Gasteiger partial charge in [0.05, 0.1) is 19.5 Å². The summed E-state index contributed by atoms with van der Waals surface area (Å²) >= 11 is 0. The fraction of sp³-hybridized carbons (Fsp3) is 0.333. The maximum Gasteiger partial charge on any atom is 0.271 e. The molecule has 0 saturated heterocycles. The summed E-state index contributed by atoms with van der Waals surface area (Å²) in [5, 5.41) is 3.98. The van der Waals surface area contributed by atoms with Gasteiger partial charge >= 0.3 is 0 Å². The summed E-state index contributed by atoms with van der Waals surface area (Å²) in [5.74, 6) is 0.423. The summed E-state index contributed by atoms with van der Waals surface area (Å²) in [6.07, 6.45) is 1.94. The van der Waals surface area contributed by atoms with Gasteiger partial charge in [0, 0.05) is 12.0 Å². The number of alkyl halides is 1. The number of benzene rings is 2. The molecule has 4 nitrogen and oxygen atoms in total. The molecule has 1 amide bonds. The molecule has 26 heavy (non-hydrogen) atoms. The van der Waals surface area contributed by atoms with Crippen LogP contribution in [0.1, 0.15) is 48.7 Å². The summed E-state index contributed by atoms with van der Waals surface area (Å²) < 4.78 is 17.4. The molecule has 0 heterocycles. The first-order valence-electron chi connectivity index (χ1n) is 8.63. The van der Waals surface area contributed by atoms with Gasteiger partial charge in [0.2, 0.25) is 0 Å². The van der Waals surface area contributed by atoms with Crippen LogP contribution in [0.4, 0.5) is 4.39 Å². The highest BCUT2D eigenvalue weighted by Crippen LogP contribution is 2.22. The zero-order valence-corrected chi connectivity index (χ0v) is 15.5. The highest BCUT2D eigenvalue weighted by atomic mass is 19.1. The van der Waals surface area contributed by atoms with E-state index in [2.05, 4.69) is 31.3 Å². The van der Waals surface area contributed by atoms with E-state index in [0.717, 1.165) is 5.56 Å². The van der Waals surface area contributed by atoms with Crippen LogP contribution in [0.5, 0.6) is 5.75 Å². The van der Waals surface area contributed by atoms with Crippen LogP contribution in [-0.2, 0) is 5.41 Å². The summed E-state index contributed by atoms with van der Waals surface area (Å²) in [7, 11) is 0. The van der Waals surface area contributed by atoms with Gasteiger partial charge in [-0.2, -0.15) is 5.10 Å². The molecule has 5 heteroatoms. The number of nitrogens with zero attached hydrogens (tertiary/aromatic N) is 1. The first-order chi connectivity index (χ1) is 12.4. The van der Waals surface area contributed by atoms with E-state index < -0.39 is 0 Å². The topological polar surface area (TPSA) is 50.7 Å². The molecule has 2 aromatic carbocycles. The third kappa shape index (κ3) is 5.99. The second kappa shape index (κ2) is 9.13. The minimum atomic E-state index is -0.386. The minimum absolute atomic E-state index is 0.0505. The van der Waals surface area contributed by atoms with Crippen molar-refractivity contribution in [2.45, 2.75) is 32.6 Å². The van der Waals surface area contributed by atoms with E-state index in [1.165, 1.54) is 5.56 Å². The molecule has 0 aliphatic carbocycles. The molecule has 0 aromatic heterocycles. The van der Waals surface area contributed by atoms with Crippen molar-refractivity contribution < 1.29 is 13.9 Å². The monoisotopic (exact) mass is 356 g/mol. The molecule has 2 rings (SSSR count). The van der Waals surface area contributed by atoms with Crippen LogP contribution in [0.25, 0.3) is 0 Å². The number of carbonyl (C=O) groups is 1. The third-order valence-corrected chi connectivity index (χ3v) is 3.82. The lowest BCUT2D eigenvalue weighted by Gasteiger charge is -2.18. The number of rotatable bonds is 7. The highest BCUT2D eigenvalue weighted by Gasteiger charge is 2.14. The number of halogens is 1. The predicted molar refractivity (Wildman–Crippen MR) is 103 cm³/mol. The molecular weight excluding hydrogens is 331 g/mol. The third-order valence-electron chi connectivity index (χ3n) is 3.82. The smallest absolute Gasteiger partial charge is 0.271 e. The van der Waals surface area contributed by atoms with Crippen molar-refractivity contribution in [2.75, 3.05) is 13.3 Å². The average Bonchev–Trinajstić information content (AvgIpc) is 2.62. The normalized spacial score (nSPS) is 11.5. The first kappa shape index (κ1) is 19.6. The van der Waals surface area contributed by atoms with Gasteiger partial charge in [-0.1, -0.05) is 32.9 Å².